The molecular weight excluding hydrogens is 290 g/mol. The van der Waals surface area contributed by atoms with Crippen LogP contribution in [-0.4, -0.2) is 9.55 Å². The van der Waals surface area contributed by atoms with E-state index in [-0.39, 0.29) is 6.04 Å². The van der Waals surface area contributed by atoms with Crippen molar-refractivity contribution in [2.45, 2.75) is 25.9 Å². The van der Waals surface area contributed by atoms with Crippen LogP contribution in [0.2, 0.25) is 5.02 Å². The summed E-state index contributed by atoms with van der Waals surface area (Å²) in [5.41, 5.74) is 8.28. The first-order valence-corrected chi connectivity index (χ1v) is 7.91. The number of hydrogen-bond acceptors (Lipinski definition) is 3. The average molecular weight is 306 g/mol. The second kappa shape index (κ2) is 5.56. The number of benzene rings is 1. The molecule has 3 nitrogen and oxygen atoms in total. The van der Waals surface area contributed by atoms with E-state index in [1.807, 2.05) is 35.7 Å². The molecule has 0 saturated heterocycles. The molecule has 20 heavy (non-hydrogen) atoms. The molecule has 2 aromatic heterocycles. The first-order valence-electron chi connectivity index (χ1n) is 6.66. The van der Waals surface area contributed by atoms with Gasteiger partial charge in [-0.15, -0.1) is 11.3 Å². The molecule has 3 rings (SSSR count). The fourth-order valence-electron chi connectivity index (χ4n) is 2.44. The van der Waals surface area contributed by atoms with E-state index in [4.69, 9.17) is 22.3 Å². The van der Waals surface area contributed by atoms with Crippen LogP contribution in [0.15, 0.2) is 35.7 Å². The average Bonchev–Trinajstić information content (AvgIpc) is 3.07. The Hall–Kier alpha value is -1.36. The number of rotatable bonds is 4. The Bertz CT molecular complexity index is 718. The zero-order valence-corrected chi connectivity index (χ0v) is 12.8. The molecule has 0 aliphatic heterocycles. The predicted molar refractivity (Wildman–Crippen MR) is 85.4 cm³/mol. The van der Waals surface area contributed by atoms with E-state index in [0.717, 1.165) is 39.7 Å². The normalized spacial score (nSPS) is 12.9. The number of hydrogen-bond donors (Lipinski definition) is 1. The van der Waals surface area contributed by atoms with E-state index < -0.39 is 0 Å². The van der Waals surface area contributed by atoms with Gasteiger partial charge >= 0.3 is 0 Å². The number of para-hydroxylation sites is 1. The maximum atomic E-state index is 6.39. The highest BCUT2D eigenvalue weighted by atomic mass is 35.5. The molecule has 1 unspecified atom stereocenters. The summed E-state index contributed by atoms with van der Waals surface area (Å²) in [7, 11) is 0. The number of nitrogens with two attached hydrogens (primary N) is 1. The zero-order chi connectivity index (χ0) is 14.1. The molecule has 0 aliphatic carbocycles. The number of nitrogens with zero attached hydrogens (tertiary/aromatic N) is 2. The molecule has 1 atom stereocenters. The summed E-state index contributed by atoms with van der Waals surface area (Å²) in [6, 6.07) is 9.67. The maximum absolute atomic E-state index is 6.39. The van der Waals surface area contributed by atoms with Gasteiger partial charge in [-0.3, -0.25) is 0 Å². The van der Waals surface area contributed by atoms with Gasteiger partial charge in [0, 0.05) is 11.4 Å². The largest absolute Gasteiger partial charge is 0.325 e. The highest BCUT2D eigenvalue weighted by Gasteiger charge is 2.20. The third kappa shape index (κ3) is 2.24. The van der Waals surface area contributed by atoms with Crippen molar-refractivity contribution in [3.8, 4) is 0 Å². The minimum absolute atomic E-state index is 0.204. The van der Waals surface area contributed by atoms with E-state index >= 15 is 0 Å². The van der Waals surface area contributed by atoms with Crippen molar-refractivity contribution in [1.29, 1.82) is 0 Å². The van der Waals surface area contributed by atoms with Crippen LogP contribution < -0.4 is 5.73 Å². The Labute approximate surface area is 127 Å². The van der Waals surface area contributed by atoms with Gasteiger partial charge in [0.05, 0.1) is 22.1 Å². The zero-order valence-electron chi connectivity index (χ0n) is 11.2. The molecule has 0 spiro atoms. The van der Waals surface area contributed by atoms with Crippen LogP contribution in [0.25, 0.3) is 11.0 Å². The van der Waals surface area contributed by atoms with E-state index in [0.29, 0.717) is 0 Å². The molecule has 104 valence electrons. The summed E-state index contributed by atoms with van der Waals surface area (Å²) in [6.45, 7) is 3.01. The predicted octanol–water partition coefficient (Wildman–Crippen LogP) is 4.21. The molecule has 0 bridgehead atoms. The van der Waals surface area contributed by atoms with Crippen molar-refractivity contribution < 1.29 is 0 Å². The second-order valence-corrected chi connectivity index (χ2v) is 6.11. The highest BCUT2D eigenvalue weighted by molar-refractivity contribution is 7.10. The SMILES string of the molecule is CCCn1c(C(N)c2cccs2)nc2cccc(Cl)c21. The summed E-state index contributed by atoms with van der Waals surface area (Å²) in [6.07, 6.45) is 1.01. The van der Waals surface area contributed by atoms with Crippen molar-refractivity contribution >= 4 is 34.0 Å². The van der Waals surface area contributed by atoms with Crippen LogP contribution in [-0.2, 0) is 6.54 Å². The van der Waals surface area contributed by atoms with E-state index in [1.165, 1.54) is 0 Å². The van der Waals surface area contributed by atoms with Gasteiger partial charge < -0.3 is 10.3 Å². The Morgan fingerprint density at radius 2 is 2.20 bits per heavy atom. The summed E-state index contributed by atoms with van der Waals surface area (Å²) >= 11 is 8.00. The Morgan fingerprint density at radius 3 is 2.90 bits per heavy atom. The number of imidazole rings is 1. The topological polar surface area (TPSA) is 43.8 Å². The summed E-state index contributed by atoms with van der Waals surface area (Å²) in [5, 5.41) is 2.77. The van der Waals surface area contributed by atoms with Gasteiger partial charge in [-0.25, -0.2) is 4.98 Å². The number of halogens is 1. The van der Waals surface area contributed by atoms with Crippen LogP contribution in [0.3, 0.4) is 0 Å². The van der Waals surface area contributed by atoms with Crippen LogP contribution >= 0.6 is 22.9 Å². The van der Waals surface area contributed by atoms with Crippen molar-refractivity contribution in [1.82, 2.24) is 9.55 Å². The summed E-state index contributed by atoms with van der Waals surface area (Å²) in [4.78, 5) is 5.83. The minimum Gasteiger partial charge on any atom is -0.325 e. The van der Waals surface area contributed by atoms with Crippen molar-refractivity contribution in [2.75, 3.05) is 0 Å². The molecule has 0 saturated carbocycles. The molecule has 0 radical (unpaired) electrons. The Morgan fingerprint density at radius 1 is 1.35 bits per heavy atom. The standard InChI is InChI=1S/C15H16ClN3S/c1-2-8-19-14-10(16)5-3-6-11(14)18-15(19)13(17)12-7-4-9-20-12/h3-7,9,13H,2,8,17H2,1H3. The fourth-order valence-corrected chi connectivity index (χ4v) is 3.44. The third-order valence-electron chi connectivity index (χ3n) is 3.32. The monoisotopic (exact) mass is 305 g/mol. The lowest BCUT2D eigenvalue weighted by atomic mass is 10.2. The molecule has 0 amide bonds. The molecule has 2 heterocycles. The second-order valence-electron chi connectivity index (χ2n) is 4.72. The first kappa shape index (κ1) is 13.6. The number of aryl methyl sites for hydroxylation is 1. The summed E-state index contributed by atoms with van der Waals surface area (Å²) in [5.74, 6) is 0.886. The Kier molecular flexibility index (Phi) is 3.78. The first-order chi connectivity index (χ1) is 9.72. The Balaban J connectivity index is 2.19. The van der Waals surface area contributed by atoms with Crippen molar-refractivity contribution in [3.63, 3.8) is 0 Å². The van der Waals surface area contributed by atoms with E-state index in [2.05, 4.69) is 11.5 Å². The van der Waals surface area contributed by atoms with Crippen LogP contribution in [0.5, 0.6) is 0 Å². The molecule has 5 heteroatoms. The molecule has 1 aromatic carbocycles. The molecular formula is C15H16ClN3S. The van der Waals surface area contributed by atoms with Crippen LogP contribution in [0.4, 0.5) is 0 Å². The van der Waals surface area contributed by atoms with Gasteiger partial charge in [-0.2, -0.15) is 0 Å². The smallest absolute Gasteiger partial charge is 0.132 e. The molecule has 0 fully saturated rings. The highest BCUT2D eigenvalue weighted by Crippen LogP contribution is 2.30. The molecule has 3 aromatic rings. The fraction of sp³-hybridized carbons (Fsp3) is 0.267. The quantitative estimate of drug-likeness (QED) is 0.784. The van der Waals surface area contributed by atoms with E-state index in [9.17, 15) is 0 Å². The number of thiophene rings is 1. The van der Waals surface area contributed by atoms with Gasteiger partial charge in [0.1, 0.15) is 5.82 Å². The van der Waals surface area contributed by atoms with Crippen LogP contribution in [0.1, 0.15) is 30.1 Å². The van der Waals surface area contributed by atoms with Gasteiger partial charge in [0.2, 0.25) is 0 Å². The van der Waals surface area contributed by atoms with Gasteiger partial charge in [-0.1, -0.05) is 30.7 Å². The summed E-state index contributed by atoms with van der Waals surface area (Å²) < 4.78 is 2.15. The molecule has 0 aliphatic rings. The minimum atomic E-state index is -0.204. The van der Waals surface area contributed by atoms with E-state index in [1.54, 1.807) is 11.3 Å². The lowest BCUT2D eigenvalue weighted by Crippen LogP contribution is -2.17. The maximum Gasteiger partial charge on any atom is 0.132 e. The number of aromatic nitrogens is 2. The van der Waals surface area contributed by atoms with Crippen molar-refractivity contribution in [3.05, 3.63) is 51.4 Å². The van der Waals surface area contributed by atoms with Gasteiger partial charge in [-0.05, 0) is 30.0 Å². The lowest BCUT2D eigenvalue weighted by Gasteiger charge is -2.13. The van der Waals surface area contributed by atoms with Gasteiger partial charge in [0.25, 0.3) is 0 Å². The van der Waals surface area contributed by atoms with Gasteiger partial charge in [0.15, 0.2) is 0 Å². The molecule has 2 N–H and O–H groups in total. The van der Waals surface area contributed by atoms with Crippen molar-refractivity contribution in [2.24, 2.45) is 5.73 Å². The lowest BCUT2D eigenvalue weighted by molar-refractivity contribution is 0.630. The number of fused-ring (bicyclic) bond motifs is 1. The third-order valence-corrected chi connectivity index (χ3v) is 4.58. The van der Waals surface area contributed by atoms with Crippen LogP contribution in [0, 0.1) is 0 Å².